The van der Waals surface area contributed by atoms with Crippen molar-refractivity contribution in [3.63, 3.8) is 0 Å². The van der Waals surface area contributed by atoms with E-state index in [2.05, 4.69) is 22.1 Å². The van der Waals surface area contributed by atoms with E-state index in [1.165, 1.54) is 25.9 Å². The summed E-state index contributed by atoms with van der Waals surface area (Å²) in [6.45, 7) is 2.40. The van der Waals surface area contributed by atoms with Crippen molar-refractivity contribution in [2.24, 2.45) is 5.92 Å². The van der Waals surface area contributed by atoms with Crippen LogP contribution in [0.2, 0.25) is 5.15 Å². The number of rotatable bonds is 2. The first-order valence-corrected chi connectivity index (χ1v) is 5.78. The van der Waals surface area contributed by atoms with Gasteiger partial charge in [-0.2, -0.15) is 5.10 Å². The predicted molar refractivity (Wildman–Crippen MR) is 61.0 cm³/mol. The van der Waals surface area contributed by atoms with E-state index in [0.717, 1.165) is 18.0 Å². The van der Waals surface area contributed by atoms with Gasteiger partial charge < -0.3 is 4.90 Å². The average Bonchev–Trinajstić information content (AvgIpc) is 2.25. The SMILES string of the molecule is CN1CCC(Cc2ccc(Cl)nn2)CC1. The fourth-order valence-electron chi connectivity index (χ4n) is 2.01. The third kappa shape index (κ3) is 3.14. The Bertz CT molecular complexity index is 304. The maximum atomic E-state index is 5.69. The highest BCUT2D eigenvalue weighted by Gasteiger charge is 2.17. The van der Waals surface area contributed by atoms with Crippen molar-refractivity contribution >= 4 is 11.6 Å². The normalized spacial score (nSPS) is 19.3. The summed E-state index contributed by atoms with van der Waals surface area (Å²) in [6.07, 6.45) is 3.57. The van der Waals surface area contributed by atoms with E-state index >= 15 is 0 Å². The molecule has 1 aliphatic heterocycles. The van der Waals surface area contributed by atoms with Gasteiger partial charge in [-0.15, -0.1) is 5.10 Å². The summed E-state index contributed by atoms with van der Waals surface area (Å²) in [6, 6.07) is 3.80. The standard InChI is InChI=1S/C11H16ClN3/c1-15-6-4-9(5-7-15)8-10-2-3-11(12)14-13-10/h2-3,9H,4-8H2,1H3. The molecule has 0 aliphatic carbocycles. The zero-order valence-corrected chi connectivity index (χ0v) is 9.74. The molecule has 3 nitrogen and oxygen atoms in total. The maximum Gasteiger partial charge on any atom is 0.151 e. The molecule has 0 aromatic carbocycles. The Labute approximate surface area is 95.5 Å². The van der Waals surface area contributed by atoms with E-state index in [1.807, 2.05) is 12.1 Å². The van der Waals surface area contributed by atoms with Gasteiger partial charge in [0.2, 0.25) is 0 Å². The van der Waals surface area contributed by atoms with Crippen molar-refractivity contribution in [2.45, 2.75) is 19.3 Å². The number of hydrogen-bond donors (Lipinski definition) is 0. The summed E-state index contributed by atoms with van der Waals surface area (Å²) < 4.78 is 0. The van der Waals surface area contributed by atoms with Gasteiger partial charge in [-0.3, -0.25) is 0 Å². The first kappa shape index (κ1) is 10.8. The van der Waals surface area contributed by atoms with Crippen LogP contribution in [0.4, 0.5) is 0 Å². The molecule has 0 saturated carbocycles. The third-order valence-electron chi connectivity index (χ3n) is 3.02. The largest absolute Gasteiger partial charge is 0.306 e. The number of halogens is 1. The molecule has 0 unspecified atom stereocenters. The molecule has 0 N–H and O–H groups in total. The summed E-state index contributed by atoms with van der Waals surface area (Å²) in [5, 5.41) is 8.43. The summed E-state index contributed by atoms with van der Waals surface area (Å²) >= 11 is 5.69. The molecule has 82 valence electrons. The summed E-state index contributed by atoms with van der Waals surface area (Å²) in [5.41, 5.74) is 1.06. The van der Waals surface area contributed by atoms with E-state index in [9.17, 15) is 0 Å². The van der Waals surface area contributed by atoms with Gasteiger partial charge in [-0.1, -0.05) is 11.6 Å². The van der Waals surface area contributed by atoms with Crippen LogP contribution in [0.1, 0.15) is 18.5 Å². The molecule has 1 aromatic heterocycles. The maximum absolute atomic E-state index is 5.69. The highest BCUT2D eigenvalue weighted by molar-refractivity contribution is 6.29. The molecule has 0 radical (unpaired) electrons. The van der Waals surface area contributed by atoms with Crippen molar-refractivity contribution in [1.82, 2.24) is 15.1 Å². The monoisotopic (exact) mass is 225 g/mol. The molecule has 4 heteroatoms. The molecule has 2 rings (SSSR count). The van der Waals surface area contributed by atoms with E-state index in [0.29, 0.717) is 5.15 Å². The second-order valence-electron chi connectivity index (χ2n) is 4.30. The highest BCUT2D eigenvalue weighted by atomic mass is 35.5. The fraction of sp³-hybridized carbons (Fsp3) is 0.636. The van der Waals surface area contributed by atoms with Crippen LogP contribution < -0.4 is 0 Å². The van der Waals surface area contributed by atoms with Gasteiger partial charge in [-0.25, -0.2) is 0 Å². The molecule has 1 saturated heterocycles. The molecular weight excluding hydrogens is 210 g/mol. The highest BCUT2D eigenvalue weighted by Crippen LogP contribution is 2.19. The average molecular weight is 226 g/mol. The molecule has 0 amide bonds. The van der Waals surface area contributed by atoms with Gasteiger partial charge >= 0.3 is 0 Å². The lowest BCUT2D eigenvalue weighted by Gasteiger charge is -2.28. The van der Waals surface area contributed by atoms with E-state index < -0.39 is 0 Å². The van der Waals surface area contributed by atoms with Crippen molar-refractivity contribution in [3.05, 3.63) is 23.0 Å². The number of nitrogens with zero attached hydrogens (tertiary/aromatic N) is 3. The van der Waals surface area contributed by atoms with Crippen LogP contribution in [0.25, 0.3) is 0 Å². The van der Waals surface area contributed by atoms with Gasteiger partial charge in [0.1, 0.15) is 0 Å². The Balaban J connectivity index is 1.89. The van der Waals surface area contributed by atoms with Gasteiger partial charge in [0, 0.05) is 0 Å². The minimum absolute atomic E-state index is 0.474. The molecule has 2 heterocycles. The van der Waals surface area contributed by atoms with Crippen molar-refractivity contribution < 1.29 is 0 Å². The van der Waals surface area contributed by atoms with Crippen molar-refractivity contribution in [2.75, 3.05) is 20.1 Å². The van der Waals surface area contributed by atoms with Gasteiger partial charge in [0.25, 0.3) is 0 Å². The second kappa shape index (κ2) is 4.90. The van der Waals surface area contributed by atoms with Gasteiger partial charge in [-0.05, 0) is 57.5 Å². The van der Waals surface area contributed by atoms with Crippen LogP contribution in [0.5, 0.6) is 0 Å². The predicted octanol–water partition coefficient (Wildman–Crippen LogP) is 2.01. The minimum atomic E-state index is 0.474. The second-order valence-corrected chi connectivity index (χ2v) is 4.69. The smallest absolute Gasteiger partial charge is 0.151 e. The Morgan fingerprint density at radius 2 is 2.07 bits per heavy atom. The van der Waals surface area contributed by atoms with Crippen LogP contribution in [-0.4, -0.2) is 35.2 Å². The number of hydrogen-bond acceptors (Lipinski definition) is 3. The summed E-state index contributed by atoms with van der Waals surface area (Å²) in [5.74, 6) is 0.761. The van der Waals surface area contributed by atoms with Crippen LogP contribution in [0, 0.1) is 5.92 Å². The quantitative estimate of drug-likeness (QED) is 0.771. The molecule has 1 aromatic rings. The Morgan fingerprint density at radius 1 is 1.33 bits per heavy atom. The zero-order chi connectivity index (χ0) is 10.7. The topological polar surface area (TPSA) is 29.0 Å². The zero-order valence-electron chi connectivity index (χ0n) is 8.99. The third-order valence-corrected chi connectivity index (χ3v) is 3.22. The number of aromatic nitrogens is 2. The van der Waals surface area contributed by atoms with Crippen LogP contribution in [-0.2, 0) is 6.42 Å². The van der Waals surface area contributed by atoms with Crippen LogP contribution >= 0.6 is 11.6 Å². The molecule has 0 atom stereocenters. The number of piperidine rings is 1. The number of likely N-dealkylation sites (tertiary alicyclic amines) is 1. The molecule has 1 fully saturated rings. The van der Waals surface area contributed by atoms with Gasteiger partial charge in [0.05, 0.1) is 5.69 Å². The molecule has 1 aliphatic rings. The van der Waals surface area contributed by atoms with Crippen molar-refractivity contribution in [1.29, 1.82) is 0 Å². The Kier molecular flexibility index (Phi) is 3.54. The molecule has 0 spiro atoms. The lowest BCUT2D eigenvalue weighted by atomic mass is 9.92. The molecule has 0 bridgehead atoms. The molecule has 15 heavy (non-hydrogen) atoms. The summed E-state index contributed by atoms with van der Waals surface area (Å²) in [7, 11) is 2.18. The van der Waals surface area contributed by atoms with Crippen LogP contribution in [0.3, 0.4) is 0 Å². The van der Waals surface area contributed by atoms with E-state index in [1.54, 1.807) is 0 Å². The summed E-state index contributed by atoms with van der Waals surface area (Å²) in [4.78, 5) is 2.38. The van der Waals surface area contributed by atoms with Crippen LogP contribution in [0.15, 0.2) is 12.1 Å². The Hall–Kier alpha value is -0.670. The first-order chi connectivity index (χ1) is 7.24. The van der Waals surface area contributed by atoms with Gasteiger partial charge in [0.15, 0.2) is 5.15 Å². The Morgan fingerprint density at radius 3 is 2.67 bits per heavy atom. The first-order valence-electron chi connectivity index (χ1n) is 5.40. The van der Waals surface area contributed by atoms with E-state index in [4.69, 9.17) is 11.6 Å². The van der Waals surface area contributed by atoms with E-state index in [-0.39, 0.29) is 0 Å². The minimum Gasteiger partial charge on any atom is -0.306 e. The lowest BCUT2D eigenvalue weighted by molar-refractivity contribution is 0.218. The molecular formula is C11H16ClN3. The fourth-order valence-corrected chi connectivity index (χ4v) is 2.12. The van der Waals surface area contributed by atoms with Crippen molar-refractivity contribution in [3.8, 4) is 0 Å². The lowest BCUT2D eigenvalue weighted by Crippen LogP contribution is -2.31.